The molecule has 7 heteroatoms. The molecule has 0 unspecified atom stereocenters. The Labute approximate surface area is 187 Å². The standard InChI is InChI=1S/C24H27N3O3S/c1-29-20-11-8-18(9-12-20)25-24(31)27(19-5-3-4-6-19)15-17-13-16-7-10-21(30-2)14-22(16)26-23(17)28/h7-14,19H,3-6,15H2,1-2H3,(H,25,31)(H,26,28). The van der Waals surface area contributed by atoms with Crippen LogP contribution in [0.25, 0.3) is 10.9 Å². The summed E-state index contributed by atoms with van der Waals surface area (Å²) in [5.74, 6) is 1.51. The molecule has 3 aromatic rings. The van der Waals surface area contributed by atoms with E-state index in [0.29, 0.717) is 29.0 Å². The van der Waals surface area contributed by atoms with E-state index in [1.807, 2.05) is 48.5 Å². The smallest absolute Gasteiger partial charge is 0.253 e. The van der Waals surface area contributed by atoms with Gasteiger partial charge in [-0.2, -0.15) is 0 Å². The number of benzene rings is 2. The topological polar surface area (TPSA) is 66.6 Å². The van der Waals surface area contributed by atoms with Gasteiger partial charge < -0.3 is 24.7 Å². The van der Waals surface area contributed by atoms with Crippen molar-refractivity contribution in [1.82, 2.24) is 9.88 Å². The van der Waals surface area contributed by atoms with Crippen LogP contribution in [0.15, 0.2) is 53.3 Å². The van der Waals surface area contributed by atoms with E-state index in [-0.39, 0.29) is 5.56 Å². The van der Waals surface area contributed by atoms with Crippen LogP contribution < -0.4 is 20.3 Å². The number of rotatable bonds is 6. The van der Waals surface area contributed by atoms with E-state index in [9.17, 15) is 4.79 Å². The summed E-state index contributed by atoms with van der Waals surface area (Å²) in [6, 6.07) is 15.6. The van der Waals surface area contributed by atoms with Gasteiger partial charge in [0.2, 0.25) is 0 Å². The molecule has 4 rings (SSSR count). The van der Waals surface area contributed by atoms with E-state index in [4.69, 9.17) is 21.7 Å². The molecule has 2 N–H and O–H groups in total. The fourth-order valence-corrected chi connectivity index (χ4v) is 4.44. The summed E-state index contributed by atoms with van der Waals surface area (Å²) in [5.41, 5.74) is 2.26. The van der Waals surface area contributed by atoms with Gasteiger partial charge in [-0.3, -0.25) is 4.79 Å². The molecule has 0 radical (unpaired) electrons. The number of H-pyrrole nitrogens is 1. The lowest BCUT2D eigenvalue weighted by Crippen LogP contribution is -2.42. The maximum absolute atomic E-state index is 12.8. The average molecular weight is 438 g/mol. The molecule has 1 fully saturated rings. The van der Waals surface area contributed by atoms with Crippen LogP contribution in [0.3, 0.4) is 0 Å². The number of anilines is 1. The second kappa shape index (κ2) is 9.39. The minimum absolute atomic E-state index is 0.101. The maximum atomic E-state index is 12.8. The first-order valence-electron chi connectivity index (χ1n) is 10.5. The largest absolute Gasteiger partial charge is 0.497 e. The molecule has 31 heavy (non-hydrogen) atoms. The van der Waals surface area contributed by atoms with Crippen LogP contribution in [0.5, 0.6) is 11.5 Å². The summed E-state index contributed by atoms with van der Waals surface area (Å²) in [6.45, 7) is 0.462. The highest BCUT2D eigenvalue weighted by Crippen LogP contribution is 2.27. The van der Waals surface area contributed by atoms with Crippen molar-refractivity contribution in [2.75, 3.05) is 19.5 Å². The molecule has 1 saturated carbocycles. The first-order chi connectivity index (χ1) is 15.1. The van der Waals surface area contributed by atoms with Gasteiger partial charge in [0.15, 0.2) is 5.11 Å². The summed E-state index contributed by atoms with van der Waals surface area (Å²) >= 11 is 5.78. The average Bonchev–Trinajstić information content (AvgIpc) is 3.32. The Morgan fingerprint density at radius 3 is 2.42 bits per heavy atom. The molecule has 0 spiro atoms. The molecule has 1 heterocycles. The molecule has 6 nitrogen and oxygen atoms in total. The predicted molar refractivity (Wildman–Crippen MR) is 128 cm³/mol. The Hall–Kier alpha value is -3.06. The van der Waals surface area contributed by atoms with Crippen LogP contribution in [0.2, 0.25) is 0 Å². The Morgan fingerprint density at radius 2 is 1.74 bits per heavy atom. The Bertz CT molecular complexity index is 1120. The van der Waals surface area contributed by atoms with Crippen molar-refractivity contribution in [3.05, 3.63) is 64.4 Å². The first-order valence-corrected chi connectivity index (χ1v) is 10.9. The molecular formula is C24H27N3O3S. The van der Waals surface area contributed by atoms with Crippen LogP contribution in [0.1, 0.15) is 31.2 Å². The molecule has 1 aromatic heterocycles. The van der Waals surface area contributed by atoms with Gasteiger partial charge in [0.25, 0.3) is 5.56 Å². The van der Waals surface area contributed by atoms with Gasteiger partial charge in [0.05, 0.1) is 26.3 Å². The second-order valence-corrected chi connectivity index (χ2v) is 8.19. The molecular weight excluding hydrogens is 410 g/mol. The highest BCUT2D eigenvalue weighted by atomic mass is 32.1. The third kappa shape index (κ3) is 4.82. The van der Waals surface area contributed by atoms with Crippen molar-refractivity contribution in [1.29, 1.82) is 0 Å². The quantitative estimate of drug-likeness (QED) is 0.546. The number of pyridine rings is 1. The highest BCUT2D eigenvalue weighted by Gasteiger charge is 2.25. The van der Waals surface area contributed by atoms with Crippen LogP contribution in [-0.4, -0.2) is 35.3 Å². The van der Waals surface area contributed by atoms with Crippen LogP contribution in [-0.2, 0) is 6.54 Å². The monoisotopic (exact) mass is 437 g/mol. The Balaban J connectivity index is 1.59. The number of nitrogens with one attached hydrogen (secondary N) is 2. The third-order valence-electron chi connectivity index (χ3n) is 5.84. The van der Waals surface area contributed by atoms with Crippen molar-refractivity contribution in [3.8, 4) is 11.5 Å². The molecule has 0 atom stereocenters. The minimum atomic E-state index is -0.101. The van der Waals surface area contributed by atoms with Gasteiger partial charge in [-0.05, 0) is 72.9 Å². The van der Waals surface area contributed by atoms with Gasteiger partial charge >= 0.3 is 0 Å². The van der Waals surface area contributed by atoms with Crippen molar-refractivity contribution >= 4 is 33.9 Å². The number of nitrogens with zero attached hydrogens (tertiary/aromatic N) is 1. The van der Waals surface area contributed by atoms with Gasteiger partial charge in [0, 0.05) is 23.4 Å². The molecule has 1 aliphatic carbocycles. The van der Waals surface area contributed by atoms with E-state index in [0.717, 1.165) is 35.2 Å². The third-order valence-corrected chi connectivity index (χ3v) is 6.17. The summed E-state index contributed by atoms with van der Waals surface area (Å²) in [4.78, 5) is 18.0. The Kier molecular flexibility index (Phi) is 6.42. The van der Waals surface area contributed by atoms with Gasteiger partial charge in [-0.1, -0.05) is 12.8 Å². The zero-order valence-corrected chi connectivity index (χ0v) is 18.6. The molecule has 1 aliphatic rings. The number of hydrogen-bond donors (Lipinski definition) is 2. The highest BCUT2D eigenvalue weighted by molar-refractivity contribution is 7.80. The summed E-state index contributed by atoms with van der Waals surface area (Å²) in [6.07, 6.45) is 4.51. The van der Waals surface area contributed by atoms with Crippen molar-refractivity contribution in [2.24, 2.45) is 0 Å². The number of fused-ring (bicyclic) bond motifs is 1. The summed E-state index contributed by atoms with van der Waals surface area (Å²) in [5, 5.41) is 4.93. The van der Waals surface area contributed by atoms with Gasteiger partial charge in [0.1, 0.15) is 11.5 Å². The van der Waals surface area contributed by atoms with E-state index < -0.39 is 0 Å². The van der Waals surface area contributed by atoms with Gasteiger partial charge in [-0.15, -0.1) is 0 Å². The first kappa shape index (κ1) is 21.2. The summed E-state index contributed by atoms with van der Waals surface area (Å²) in [7, 11) is 3.26. The van der Waals surface area contributed by atoms with Crippen LogP contribution >= 0.6 is 12.2 Å². The fourth-order valence-electron chi connectivity index (χ4n) is 4.11. The minimum Gasteiger partial charge on any atom is -0.497 e. The molecule has 0 saturated heterocycles. The molecule has 162 valence electrons. The summed E-state index contributed by atoms with van der Waals surface area (Å²) < 4.78 is 10.5. The second-order valence-electron chi connectivity index (χ2n) is 7.80. The number of methoxy groups -OCH3 is 2. The fraction of sp³-hybridized carbons (Fsp3) is 0.333. The van der Waals surface area contributed by atoms with Crippen molar-refractivity contribution < 1.29 is 9.47 Å². The van der Waals surface area contributed by atoms with Crippen molar-refractivity contribution in [3.63, 3.8) is 0 Å². The number of hydrogen-bond acceptors (Lipinski definition) is 4. The normalized spacial score (nSPS) is 13.9. The lowest BCUT2D eigenvalue weighted by atomic mass is 10.1. The number of aromatic nitrogens is 1. The van der Waals surface area contributed by atoms with E-state index >= 15 is 0 Å². The van der Waals surface area contributed by atoms with Gasteiger partial charge in [-0.25, -0.2) is 0 Å². The Morgan fingerprint density at radius 1 is 1.06 bits per heavy atom. The number of aromatic amines is 1. The lowest BCUT2D eigenvalue weighted by molar-refractivity contribution is 0.311. The molecule has 2 aromatic carbocycles. The molecule has 0 amide bonds. The van der Waals surface area contributed by atoms with E-state index in [2.05, 4.69) is 15.2 Å². The molecule has 0 bridgehead atoms. The number of ether oxygens (including phenoxy) is 2. The zero-order valence-electron chi connectivity index (χ0n) is 17.8. The zero-order chi connectivity index (χ0) is 21.8. The SMILES string of the molecule is COc1ccc(NC(=S)N(Cc2cc3ccc(OC)cc3[nH]c2=O)C2CCCC2)cc1. The van der Waals surface area contributed by atoms with Crippen molar-refractivity contribution in [2.45, 2.75) is 38.3 Å². The van der Waals surface area contributed by atoms with Crippen LogP contribution in [0, 0.1) is 0 Å². The van der Waals surface area contributed by atoms with E-state index in [1.165, 1.54) is 12.8 Å². The molecule has 0 aliphatic heterocycles. The van der Waals surface area contributed by atoms with Crippen LogP contribution in [0.4, 0.5) is 5.69 Å². The maximum Gasteiger partial charge on any atom is 0.253 e. The van der Waals surface area contributed by atoms with E-state index in [1.54, 1.807) is 14.2 Å². The number of thiocarbonyl (C=S) groups is 1. The predicted octanol–water partition coefficient (Wildman–Crippen LogP) is 4.69. The lowest BCUT2D eigenvalue weighted by Gasteiger charge is -2.31.